The molecule has 1 aromatic carbocycles. The molecule has 2 atom stereocenters. The fraction of sp³-hybridized carbons (Fsp3) is 0.500. The van der Waals surface area contributed by atoms with E-state index in [-0.39, 0.29) is 11.6 Å². The highest BCUT2D eigenvalue weighted by Crippen LogP contribution is 2.35. The molecule has 0 N–H and O–H groups in total. The van der Waals surface area contributed by atoms with Gasteiger partial charge in [-0.2, -0.15) is 9.36 Å². The molecule has 0 bridgehead atoms. The lowest BCUT2D eigenvalue weighted by Crippen LogP contribution is -2.27. The molecule has 1 aliphatic heterocycles. The number of nitrogens with zero attached hydrogens (tertiary/aromatic N) is 4. The zero-order chi connectivity index (χ0) is 21.5. The van der Waals surface area contributed by atoms with E-state index in [1.54, 1.807) is 7.05 Å². The number of hydrogen-bond donors (Lipinski definition) is 0. The van der Waals surface area contributed by atoms with Crippen LogP contribution in [0.4, 0.5) is 0 Å². The smallest absolute Gasteiger partial charge is 0.368 e. The molecule has 160 valence electrons. The Hall–Kier alpha value is -2.71. The lowest BCUT2D eigenvalue weighted by molar-refractivity contribution is -0.149. The number of aromatic nitrogens is 4. The van der Waals surface area contributed by atoms with Crippen LogP contribution in [0.5, 0.6) is 5.75 Å². The van der Waals surface area contributed by atoms with E-state index in [1.807, 2.05) is 38.1 Å². The Morgan fingerprint density at radius 3 is 2.60 bits per heavy atom. The van der Waals surface area contributed by atoms with Gasteiger partial charge >= 0.3 is 5.69 Å². The Bertz CT molecular complexity index is 1060. The largest absolute Gasteiger partial charge is 0.489 e. The van der Waals surface area contributed by atoms with E-state index in [0.29, 0.717) is 25.7 Å². The number of rotatable bonds is 5. The van der Waals surface area contributed by atoms with Gasteiger partial charge in [0.05, 0.1) is 18.9 Å². The molecule has 2 aliphatic rings. The van der Waals surface area contributed by atoms with Crippen molar-refractivity contribution in [2.24, 2.45) is 18.9 Å². The summed E-state index contributed by atoms with van der Waals surface area (Å²) in [6.45, 7) is 9.78. The summed E-state index contributed by atoms with van der Waals surface area (Å²) in [5.74, 6) is 0.620. The second kappa shape index (κ2) is 7.85. The number of benzene rings is 1. The molecule has 1 saturated heterocycles. The highest BCUT2D eigenvalue weighted by molar-refractivity contribution is 5.63. The van der Waals surface area contributed by atoms with E-state index in [4.69, 9.17) is 14.2 Å². The molecular weight excluding hydrogens is 384 g/mol. The molecule has 2 heterocycles. The lowest BCUT2D eigenvalue weighted by atomic mass is 9.83. The van der Waals surface area contributed by atoms with Crippen molar-refractivity contribution in [1.82, 2.24) is 19.8 Å². The number of tetrazole rings is 1. The van der Waals surface area contributed by atoms with Crippen LogP contribution in [0, 0.1) is 18.8 Å². The normalized spacial score (nSPS) is 23.2. The first kappa shape index (κ1) is 20.6. The zero-order valence-corrected chi connectivity index (χ0v) is 18.1. The fourth-order valence-corrected chi connectivity index (χ4v) is 3.87. The Kier molecular flexibility index (Phi) is 5.38. The predicted molar refractivity (Wildman–Crippen MR) is 112 cm³/mol. The summed E-state index contributed by atoms with van der Waals surface area (Å²) in [5.41, 5.74) is 3.44. The summed E-state index contributed by atoms with van der Waals surface area (Å²) in [6.07, 6.45) is 4.03. The van der Waals surface area contributed by atoms with Gasteiger partial charge in [0.25, 0.3) is 0 Å². The fourth-order valence-electron chi connectivity index (χ4n) is 3.87. The van der Waals surface area contributed by atoms with E-state index >= 15 is 0 Å². The molecule has 0 radical (unpaired) electrons. The van der Waals surface area contributed by atoms with Gasteiger partial charge in [-0.25, -0.2) is 4.79 Å². The van der Waals surface area contributed by atoms with Crippen LogP contribution in [0.25, 0.3) is 5.70 Å². The zero-order valence-electron chi connectivity index (χ0n) is 18.1. The minimum atomic E-state index is -0.704. The molecule has 0 saturated carbocycles. The van der Waals surface area contributed by atoms with Crippen molar-refractivity contribution in [3.8, 4) is 5.75 Å². The standard InChI is InChI=1S/C22H28N4O4/c1-14-6-8-19(26-21(27)25(5)23-24-26)18(16(14)3)13-28-20-9-7-17(12-15(20)2)22(4)29-10-11-30-22/h6-9,12,14,16H,10-11,13H2,1-5H3. The third-order valence-corrected chi connectivity index (χ3v) is 6.10. The molecule has 1 aromatic heterocycles. The van der Waals surface area contributed by atoms with Crippen LogP contribution in [0.15, 0.2) is 40.7 Å². The van der Waals surface area contributed by atoms with Crippen LogP contribution in [0.3, 0.4) is 0 Å². The maximum Gasteiger partial charge on any atom is 0.368 e. The van der Waals surface area contributed by atoms with Gasteiger partial charge < -0.3 is 14.2 Å². The van der Waals surface area contributed by atoms with Crippen molar-refractivity contribution in [3.05, 3.63) is 57.5 Å². The highest BCUT2D eigenvalue weighted by Gasteiger charge is 2.33. The molecular formula is C22H28N4O4. The topological polar surface area (TPSA) is 80.4 Å². The van der Waals surface area contributed by atoms with Crippen LogP contribution in [-0.4, -0.2) is 39.6 Å². The third kappa shape index (κ3) is 3.61. The van der Waals surface area contributed by atoms with E-state index in [2.05, 4.69) is 30.4 Å². The van der Waals surface area contributed by atoms with Gasteiger partial charge in [0, 0.05) is 12.6 Å². The van der Waals surface area contributed by atoms with Crippen molar-refractivity contribution < 1.29 is 14.2 Å². The number of hydrogen-bond acceptors (Lipinski definition) is 6. The molecule has 4 rings (SSSR count). The predicted octanol–water partition coefficient (Wildman–Crippen LogP) is 2.64. The summed E-state index contributed by atoms with van der Waals surface area (Å²) in [6, 6.07) is 5.96. The first-order chi connectivity index (χ1) is 14.3. The summed E-state index contributed by atoms with van der Waals surface area (Å²) >= 11 is 0. The minimum absolute atomic E-state index is 0.206. The van der Waals surface area contributed by atoms with Crippen LogP contribution in [0.1, 0.15) is 31.9 Å². The molecule has 1 aliphatic carbocycles. The van der Waals surface area contributed by atoms with Gasteiger partial charge in [0.15, 0.2) is 5.79 Å². The average molecular weight is 412 g/mol. The van der Waals surface area contributed by atoms with Crippen molar-refractivity contribution in [2.45, 2.75) is 33.5 Å². The van der Waals surface area contributed by atoms with Crippen molar-refractivity contribution in [2.75, 3.05) is 19.8 Å². The van der Waals surface area contributed by atoms with E-state index in [1.165, 1.54) is 9.36 Å². The highest BCUT2D eigenvalue weighted by atomic mass is 16.7. The Morgan fingerprint density at radius 1 is 1.23 bits per heavy atom. The van der Waals surface area contributed by atoms with Crippen LogP contribution >= 0.6 is 0 Å². The average Bonchev–Trinajstić information content (AvgIpc) is 3.31. The van der Waals surface area contributed by atoms with Gasteiger partial charge in [0.1, 0.15) is 12.4 Å². The summed E-state index contributed by atoms with van der Waals surface area (Å²) < 4.78 is 20.3. The summed E-state index contributed by atoms with van der Waals surface area (Å²) in [4.78, 5) is 12.4. The SMILES string of the molecule is Cc1cc(C2(C)OCCO2)ccc1OCC1=C(n2nnn(C)c2=O)C=CC(C)C1C. The number of ether oxygens (including phenoxy) is 3. The maximum absolute atomic E-state index is 12.4. The molecule has 30 heavy (non-hydrogen) atoms. The van der Waals surface area contributed by atoms with E-state index in [0.717, 1.165) is 28.1 Å². The molecule has 8 nitrogen and oxygen atoms in total. The van der Waals surface area contributed by atoms with E-state index in [9.17, 15) is 4.79 Å². The first-order valence-corrected chi connectivity index (χ1v) is 10.2. The molecule has 8 heteroatoms. The minimum Gasteiger partial charge on any atom is -0.489 e. The quantitative estimate of drug-likeness (QED) is 0.751. The Morgan fingerprint density at radius 2 is 1.97 bits per heavy atom. The van der Waals surface area contributed by atoms with Crippen LogP contribution in [0.2, 0.25) is 0 Å². The van der Waals surface area contributed by atoms with Crippen LogP contribution in [-0.2, 0) is 22.3 Å². The van der Waals surface area contributed by atoms with Gasteiger partial charge in [-0.05, 0) is 71.5 Å². The van der Waals surface area contributed by atoms with E-state index < -0.39 is 5.79 Å². The van der Waals surface area contributed by atoms with Crippen LogP contribution < -0.4 is 10.4 Å². The number of aryl methyl sites for hydroxylation is 2. The molecule has 0 amide bonds. The van der Waals surface area contributed by atoms with Crippen molar-refractivity contribution in [3.63, 3.8) is 0 Å². The lowest BCUT2D eigenvalue weighted by Gasteiger charge is -2.27. The Labute approximate surface area is 175 Å². The van der Waals surface area contributed by atoms with Gasteiger partial charge in [-0.3, -0.25) is 0 Å². The summed E-state index contributed by atoms with van der Waals surface area (Å²) in [5, 5.41) is 7.85. The molecule has 2 unspecified atom stereocenters. The summed E-state index contributed by atoms with van der Waals surface area (Å²) in [7, 11) is 1.59. The van der Waals surface area contributed by atoms with Gasteiger partial charge in [-0.15, -0.1) is 0 Å². The number of allylic oxidation sites excluding steroid dienone is 3. The third-order valence-electron chi connectivity index (χ3n) is 6.10. The maximum atomic E-state index is 12.4. The second-order valence-electron chi connectivity index (χ2n) is 8.13. The molecule has 0 spiro atoms. The molecule has 2 aromatic rings. The van der Waals surface area contributed by atoms with Gasteiger partial charge in [-0.1, -0.05) is 19.9 Å². The molecule has 1 fully saturated rings. The van der Waals surface area contributed by atoms with Crippen molar-refractivity contribution in [1.29, 1.82) is 0 Å². The Balaban J connectivity index is 1.61. The van der Waals surface area contributed by atoms with Crippen molar-refractivity contribution >= 4 is 5.70 Å². The monoisotopic (exact) mass is 412 g/mol. The first-order valence-electron chi connectivity index (χ1n) is 10.2. The second-order valence-corrected chi connectivity index (χ2v) is 8.13. The van der Waals surface area contributed by atoms with Gasteiger partial charge in [0.2, 0.25) is 0 Å².